The van der Waals surface area contributed by atoms with Crippen molar-refractivity contribution in [3.8, 4) is 0 Å². The molecule has 3 nitrogen and oxygen atoms in total. The summed E-state index contributed by atoms with van der Waals surface area (Å²) in [5.41, 5.74) is 1.99. The molecule has 1 aromatic rings. The van der Waals surface area contributed by atoms with Gasteiger partial charge in [0.15, 0.2) is 0 Å². The van der Waals surface area contributed by atoms with Crippen molar-refractivity contribution in [1.29, 1.82) is 0 Å². The lowest BCUT2D eigenvalue weighted by Crippen LogP contribution is -2.49. The Labute approximate surface area is 136 Å². The van der Waals surface area contributed by atoms with Crippen LogP contribution in [0.25, 0.3) is 0 Å². The Hall–Kier alpha value is -0.870. The second-order valence-electron chi connectivity index (χ2n) is 6.62. The number of carbonyl (C=O) groups excluding carboxylic acids is 1. The van der Waals surface area contributed by atoms with E-state index in [0.717, 1.165) is 49.2 Å². The molecule has 0 bridgehead atoms. The van der Waals surface area contributed by atoms with Crippen LogP contribution in [-0.4, -0.2) is 53.8 Å². The van der Waals surface area contributed by atoms with Crippen molar-refractivity contribution >= 4 is 21.8 Å². The molecule has 1 aliphatic rings. The van der Waals surface area contributed by atoms with Crippen LogP contribution in [0.1, 0.15) is 36.7 Å². The SMILES string of the molecule is CC(C)(C)c1ccccc1C(=O)N1CCN(CCBr)CC1. The first-order valence-electron chi connectivity index (χ1n) is 7.60. The fourth-order valence-electron chi connectivity index (χ4n) is 2.79. The van der Waals surface area contributed by atoms with E-state index in [9.17, 15) is 4.79 Å². The zero-order valence-corrected chi connectivity index (χ0v) is 14.8. The van der Waals surface area contributed by atoms with E-state index in [1.165, 1.54) is 0 Å². The highest BCUT2D eigenvalue weighted by molar-refractivity contribution is 9.09. The van der Waals surface area contributed by atoms with Crippen LogP contribution >= 0.6 is 15.9 Å². The Kier molecular flexibility index (Phi) is 5.44. The summed E-state index contributed by atoms with van der Waals surface area (Å²) in [4.78, 5) is 17.2. The standard InChI is InChI=1S/C17H25BrN2O/c1-17(2,3)15-7-5-4-6-14(15)16(21)20-12-10-19(9-8-18)11-13-20/h4-7H,8-13H2,1-3H3. The molecule has 0 aliphatic carbocycles. The number of halogens is 1. The first-order valence-corrected chi connectivity index (χ1v) is 8.72. The molecule has 0 unspecified atom stereocenters. The number of carbonyl (C=O) groups is 1. The van der Waals surface area contributed by atoms with Gasteiger partial charge in [0.25, 0.3) is 5.91 Å². The van der Waals surface area contributed by atoms with E-state index >= 15 is 0 Å². The lowest BCUT2D eigenvalue weighted by Gasteiger charge is -2.35. The summed E-state index contributed by atoms with van der Waals surface area (Å²) in [6.07, 6.45) is 0. The minimum Gasteiger partial charge on any atom is -0.336 e. The molecule has 21 heavy (non-hydrogen) atoms. The second-order valence-corrected chi connectivity index (χ2v) is 7.41. The smallest absolute Gasteiger partial charge is 0.254 e. The van der Waals surface area contributed by atoms with Gasteiger partial charge in [0.1, 0.15) is 0 Å². The predicted octanol–water partition coefficient (Wildman–Crippen LogP) is 3.14. The van der Waals surface area contributed by atoms with E-state index in [2.05, 4.69) is 47.7 Å². The summed E-state index contributed by atoms with van der Waals surface area (Å²) in [7, 11) is 0. The molecule has 0 atom stereocenters. The molecule has 1 fully saturated rings. The van der Waals surface area contributed by atoms with Crippen molar-refractivity contribution in [1.82, 2.24) is 9.80 Å². The third kappa shape index (κ3) is 4.07. The van der Waals surface area contributed by atoms with Crippen LogP contribution in [0, 0.1) is 0 Å². The summed E-state index contributed by atoms with van der Waals surface area (Å²) in [5.74, 6) is 0.180. The monoisotopic (exact) mass is 352 g/mol. The van der Waals surface area contributed by atoms with Gasteiger partial charge in [0.05, 0.1) is 0 Å². The van der Waals surface area contributed by atoms with E-state index in [0.29, 0.717) is 0 Å². The minimum absolute atomic E-state index is 0.00988. The summed E-state index contributed by atoms with van der Waals surface area (Å²) in [6.45, 7) is 11.1. The second kappa shape index (κ2) is 6.93. The van der Waals surface area contributed by atoms with Gasteiger partial charge in [-0.25, -0.2) is 0 Å². The third-order valence-corrected chi connectivity index (χ3v) is 4.38. The van der Waals surface area contributed by atoms with Crippen LogP contribution in [0.3, 0.4) is 0 Å². The van der Waals surface area contributed by atoms with E-state index in [1.54, 1.807) is 0 Å². The summed E-state index contributed by atoms with van der Waals surface area (Å²) in [5, 5.41) is 0.994. The zero-order chi connectivity index (χ0) is 15.5. The molecule has 1 saturated heterocycles. The first kappa shape index (κ1) is 16.5. The normalized spacial score (nSPS) is 17.0. The number of benzene rings is 1. The molecule has 2 rings (SSSR count). The Morgan fingerprint density at radius 2 is 1.76 bits per heavy atom. The number of alkyl halides is 1. The molecule has 0 N–H and O–H groups in total. The van der Waals surface area contributed by atoms with E-state index < -0.39 is 0 Å². The van der Waals surface area contributed by atoms with Gasteiger partial charge in [-0.05, 0) is 17.0 Å². The van der Waals surface area contributed by atoms with Gasteiger partial charge in [-0.3, -0.25) is 9.69 Å². The lowest BCUT2D eigenvalue weighted by molar-refractivity contribution is 0.0642. The molecule has 4 heteroatoms. The zero-order valence-electron chi connectivity index (χ0n) is 13.2. The molecule has 1 aliphatic heterocycles. The highest BCUT2D eigenvalue weighted by Crippen LogP contribution is 2.26. The van der Waals surface area contributed by atoms with Crippen molar-refractivity contribution in [2.45, 2.75) is 26.2 Å². The summed E-state index contributed by atoms with van der Waals surface area (Å²) < 4.78 is 0. The molecular weight excluding hydrogens is 328 g/mol. The van der Waals surface area contributed by atoms with Gasteiger partial charge in [0, 0.05) is 43.6 Å². The number of nitrogens with zero attached hydrogens (tertiary/aromatic N) is 2. The Bertz CT molecular complexity index is 488. The highest BCUT2D eigenvalue weighted by Gasteiger charge is 2.26. The molecular formula is C17H25BrN2O. The van der Waals surface area contributed by atoms with Crippen LogP contribution in [0.5, 0.6) is 0 Å². The molecule has 0 saturated carbocycles. The average Bonchev–Trinajstić information content (AvgIpc) is 2.47. The van der Waals surface area contributed by atoms with Crippen molar-refractivity contribution in [3.05, 3.63) is 35.4 Å². The van der Waals surface area contributed by atoms with Crippen molar-refractivity contribution in [2.24, 2.45) is 0 Å². The molecule has 116 valence electrons. The van der Waals surface area contributed by atoms with Crippen LogP contribution in [0.2, 0.25) is 0 Å². The molecule has 1 aromatic carbocycles. The Balaban J connectivity index is 2.12. The summed E-state index contributed by atoms with van der Waals surface area (Å²) in [6, 6.07) is 8.02. The fourth-order valence-corrected chi connectivity index (χ4v) is 3.29. The summed E-state index contributed by atoms with van der Waals surface area (Å²) >= 11 is 3.47. The van der Waals surface area contributed by atoms with E-state index in [1.807, 2.05) is 23.1 Å². The van der Waals surface area contributed by atoms with Crippen LogP contribution < -0.4 is 0 Å². The third-order valence-electron chi connectivity index (χ3n) is 4.03. The molecule has 1 amide bonds. The number of piperazine rings is 1. The number of hydrogen-bond acceptors (Lipinski definition) is 2. The van der Waals surface area contributed by atoms with E-state index in [-0.39, 0.29) is 11.3 Å². The van der Waals surface area contributed by atoms with Gasteiger partial charge < -0.3 is 4.90 Å². The highest BCUT2D eigenvalue weighted by atomic mass is 79.9. The van der Waals surface area contributed by atoms with Gasteiger partial charge in [-0.15, -0.1) is 0 Å². The average molecular weight is 353 g/mol. The maximum absolute atomic E-state index is 12.8. The molecule has 0 spiro atoms. The Morgan fingerprint density at radius 3 is 2.33 bits per heavy atom. The lowest BCUT2D eigenvalue weighted by atomic mass is 9.83. The predicted molar refractivity (Wildman–Crippen MR) is 91.3 cm³/mol. The maximum atomic E-state index is 12.8. The molecule has 1 heterocycles. The Morgan fingerprint density at radius 1 is 1.14 bits per heavy atom. The number of rotatable bonds is 3. The topological polar surface area (TPSA) is 23.6 Å². The fraction of sp³-hybridized carbons (Fsp3) is 0.588. The van der Waals surface area contributed by atoms with Crippen molar-refractivity contribution in [2.75, 3.05) is 38.1 Å². The van der Waals surface area contributed by atoms with Crippen LogP contribution in [-0.2, 0) is 5.41 Å². The largest absolute Gasteiger partial charge is 0.336 e. The maximum Gasteiger partial charge on any atom is 0.254 e. The van der Waals surface area contributed by atoms with Crippen LogP contribution in [0.4, 0.5) is 0 Å². The van der Waals surface area contributed by atoms with Crippen LogP contribution in [0.15, 0.2) is 24.3 Å². The van der Waals surface area contributed by atoms with Crippen molar-refractivity contribution in [3.63, 3.8) is 0 Å². The molecule has 0 aromatic heterocycles. The van der Waals surface area contributed by atoms with Gasteiger partial charge in [-0.2, -0.15) is 0 Å². The molecule has 0 radical (unpaired) electrons. The minimum atomic E-state index is -0.00988. The van der Waals surface area contributed by atoms with Gasteiger partial charge in [-0.1, -0.05) is 54.9 Å². The van der Waals surface area contributed by atoms with Gasteiger partial charge in [0.2, 0.25) is 0 Å². The number of amides is 1. The van der Waals surface area contributed by atoms with Crippen molar-refractivity contribution < 1.29 is 4.79 Å². The van der Waals surface area contributed by atoms with Gasteiger partial charge >= 0.3 is 0 Å². The quantitative estimate of drug-likeness (QED) is 0.780. The number of hydrogen-bond donors (Lipinski definition) is 0. The van der Waals surface area contributed by atoms with E-state index in [4.69, 9.17) is 0 Å². The first-order chi connectivity index (χ1) is 9.93.